The van der Waals surface area contributed by atoms with E-state index in [0.29, 0.717) is 19.7 Å². The number of methoxy groups -OCH3 is 1. The third-order valence-electron chi connectivity index (χ3n) is 2.56. The van der Waals surface area contributed by atoms with E-state index in [0.717, 1.165) is 0 Å². The molecule has 0 aliphatic carbocycles. The van der Waals surface area contributed by atoms with Crippen LogP contribution in [0.25, 0.3) is 0 Å². The minimum Gasteiger partial charge on any atom is -0.493 e. The SMILES string of the molecule is COc1c(Br)cc(Cl)cc1NS(=O)(=O)c1cccc(Br)c1. The van der Waals surface area contributed by atoms with Gasteiger partial charge in [-0.05, 0) is 46.3 Å². The number of hydrogen-bond acceptors (Lipinski definition) is 3. The zero-order chi connectivity index (χ0) is 15.6. The Morgan fingerprint density at radius 2 is 1.90 bits per heavy atom. The van der Waals surface area contributed by atoms with Gasteiger partial charge in [0.25, 0.3) is 10.0 Å². The van der Waals surface area contributed by atoms with Crippen LogP contribution in [0.1, 0.15) is 0 Å². The highest BCUT2D eigenvalue weighted by molar-refractivity contribution is 9.10. The first kappa shape index (κ1) is 16.6. The molecule has 4 nitrogen and oxygen atoms in total. The molecule has 21 heavy (non-hydrogen) atoms. The molecule has 0 aromatic heterocycles. The molecule has 2 aromatic carbocycles. The Kier molecular flexibility index (Phi) is 5.19. The van der Waals surface area contributed by atoms with Gasteiger partial charge in [0.15, 0.2) is 5.75 Å². The largest absolute Gasteiger partial charge is 0.493 e. The van der Waals surface area contributed by atoms with E-state index in [1.54, 1.807) is 18.2 Å². The van der Waals surface area contributed by atoms with E-state index in [9.17, 15) is 8.42 Å². The average Bonchev–Trinajstić information content (AvgIpc) is 2.37. The fourth-order valence-corrected chi connectivity index (χ4v) is 4.30. The fraction of sp³-hybridized carbons (Fsp3) is 0.0769. The van der Waals surface area contributed by atoms with Gasteiger partial charge < -0.3 is 4.74 Å². The Morgan fingerprint density at radius 3 is 2.52 bits per heavy atom. The minimum absolute atomic E-state index is 0.134. The summed E-state index contributed by atoms with van der Waals surface area (Å²) in [5.74, 6) is 0.359. The van der Waals surface area contributed by atoms with Crippen molar-refractivity contribution in [2.45, 2.75) is 4.90 Å². The monoisotopic (exact) mass is 453 g/mol. The van der Waals surface area contributed by atoms with Gasteiger partial charge in [-0.2, -0.15) is 0 Å². The van der Waals surface area contributed by atoms with Crippen LogP contribution in [0, 0.1) is 0 Å². The molecule has 2 rings (SSSR count). The third kappa shape index (κ3) is 3.91. The van der Waals surface area contributed by atoms with E-state index >= 15 is 0 Å². The normalized spacial score (nSPS) is 11.2. The minimum atomic E-state index is -3.74. The molecular weight excluding hydrogens is 445 g/mol. The Bertz CT molecular complexity index is 781. The smallest absolute Gasteiger partial charge is 0.262 e. The van der Waals surface area contributed by atoms with Crippen molar-refractivity contribution in [1.29, 1.82) is 0 Å². The lowest BCUT2D eigenvalue weighted by Gasteiger charge is -2.14. The predicted octanol–water partition coefficient (Wildman–Crippen LogP) is 4.67. The molecule has 0 saturated carbocycles. The summed E-state index contributed by atoms with van der Waals surface area (Å²) in [7, 11) is -2.29. The van der Waals surface area contributed by atoms with Crippen molar-refractivity contribution in [3.8, 4) is 5.75 Å². The second-order valence-corrected chi connectivity index (χ2v) is 7.92. The van der Waals surface area contributed by atoms with Crippen molar-refractivity contribution in [1.82, 2.24) is 0 Å². The summed E-state index contributed by atoms with van der Waals surface area (Å²) >= 11 is 12.5. The molecule has 0 radical (unpaired) electrons. The summed E-state index contributed by atoms with van der Waals surface area (Å²) in [6.45, 7) is 0. The van der Waals surface area contributed by atoms with Crippen molar-refractivity contribution in [3.63, 3.8) is 0 Å². The topological polar surface area (TPSA) is 55.4 Å². The molecular formula is C13H10Br2ClNO3S. The number of sulfonamides is 1. The Hall–Kier alpha value is -0.760. The van der Waals surface area contributed by atoms with Crippen LogP contribution in [0.15, 0.2) is 50.2 Å². The quantitative estimate of drug-likeness (QED) is 0.729. The molecule has 0 spiro atoms. The molecule has 1 N–H and O–H groups in total. The van der Waals surface area contributed by atoms with E-state index in [-0.39, 0.29) is 10.6 Å². The van der Waals surface area contributed by atoms with E-state index in [2.05, 4.69) is 36.6 Å². The number of hydrogen-bond donors (Lipinski definition) is 1. The van der Waals surface area contributed by atoms with Gasteiger partial charge in [0.1, 0.15) is 0 Å². The van der Waals surface area contributed by atoms with E-state index in [1.807, 2.05) is 0 Å². The highest BCUT2D eigenvalue weighted by Crippen LogP contribution is 2.37. The molecule has 0 bridgehead atoms. The highest BCUT2D eigenvalue weighted by Gasteiger charge is 2.18. The molecule has 0 fully saturated rings. The van der Waals surface area contributed by atoms with Gasteiger partial charge in [0.2, 0.25) is 0 Å². The highest BCUT2D eigenvalue weighted by atomic mass is 79.9. The second kappa shape index (κ2) is 6.56. The summed E-state index contributed by atoms with van der Waals surface area (Å²) in [5, 5.41) is 0.384. The van der Waals surface area contributed by atoms with Gasteiger partial charge in [-0.15, -0.1) is 0 Å². The molecule has 0 saturated heterocycles. The molecule has 112 valence electrons. The van der Waals surface area contributed by atoms with E-state index in [1.165, 1.54) is 25.3 Å². The van der Waals surface area contributed by atoms with Gasteiger partial charge >= 0.3 is 0 Å². The van der Waals surface area contributed by atoms with Gasteiger partial charge in [-0.1, -0.05) is 33.6 Å². The Morgan fingerprint density at radius 1 is 1.19 bits per heavy atom. The first-order chi connectivity index (χ1) is 9.83. The Labute approximate surface area is 144 Å². The number of anilines is 1. The maximum Gasteiger partial charge on any atom is 0.262 e. The van der Waals surface area contributed by atoms with Crippen LogP contribution in [0.5, 0.6) is 5.75 Å². The first-order valence-electron chi connectivity index (χ1n) is 5.65. The van der Waals surface area contributed by atoms with Gasteiger partial charge in [0.05, 0.1) is 22.2 Å². The first-order valence-corrected chi connectivity index (χ1v) is 9.09. The van der Waals surface area contributed by atoms with Crippen LogP contribution in [0.3, 0.4) is 0 Å². The molecule has 0 atom stereocenters. The zero-order valence-corrected chi connectivity index (χ0v) is 15.5. The van der Waals surface area contributed by atoms with Gasteiger partial charge in [-0.25, -0.2) is 8.42 Å². The molecule has 0 aliphatic heterocycles. The standard InChI is InChI=1S/C13H10Br2ClNO3S/c1-20-13-11(15)6-9(16)7-12(13)17-21(18,19)10-4-2-3-8(14)5-10/h2-7,17H,1H3. The summed E-state index contributed by atoms with van der Waals surface area (Å²) in [5.41, 5.74) is 0.261. The van der Waals surface area contributed by atoms with Crippen LogP contribution in [-0.2, 0) is 10.0 Å². The predicted molar refractivity (Wildman–Crippen MR) is 90.7 cm³/mol. The average molecular weight is 456 g/mol. The van der Waals surface area contributed by atoms with E-state index < -0.39 is 10.0 Å². The third-order valence-corrected chi connectivity index (χ3v) is 5.23. The van der Waals surface area contributed by atoms with E-state index in [4.69, 9.17) is 16.3 Å². The van der Waals surface area contributed by atoms with Crippen molar-refractivity contribution >= 4 is 59.2 Å². The number of rotatable bonds is 4. The fourth-order valence-electron chi connectivity index (χ4n) is 1.68. The van der Waals surface area contributed by atoms with Gasteiger partial charge in [0, 0.05) is 9.50 Å². The lowest BCUT2D eigenvalue weighted by atomic mass is 10.3. The van der Waals surface area contributed by atoms with Gasteiger partial charge in [-0.3, -0.25) is 4.72 Å². The molecule has 8 heteroatoms. The van der Waals surface area contributed by atoms with Crippen molar-refractivity contribution in [3.05, 3.63) is 50.4 Å². The van der Waals surface area contributed by atoms with Crippen molar-refractivity contribution in [2.24, 2.45) is 0 Å². The summed E-state index contributed by atoms with van der Waals surface area (Å²) in [6, 6.07) is 9.50. The van der Waals surface area contributed by atoms with Crippen LogP contribution < -0.4 is 9.46 Å². The molecule has 0 amide bonds. The number of benzene rings is 2. The van der Waals surface area contributed by atoms with Crippen LogP contribution >= 0.6 is 43.5 Å². The summed E-state index contributed by atoms with van der Waals surface area (Å²) < 4.78 is 33.7. The Balaban J connectivity index is 2.46. The molecule has 0 heterocycles. The second-order valence-electron chi connectivity index (χ2n) is 4.03. The molecule has 2 aromatic rings. The summed E-state index contributed by atoms with van der Waals surface area (Å²) in [4.78, 5) is 0.134. The molecule has 0 unspecified atom stereocenters. The lowest BCUT2D eigenvalue weighted by Crippen LogP contribution is -2.13. The molecule has 0 aliphatic rings. The maximum absolute atomic E-state index is 12.4. The number of halogens is 3. The van der Waals surface area contributed by atoms with Crippen LogP contribution in [-0.4, -0.2) is 15.5 Å². The number of nitrogens with one attached hydrogen (secondary N) is 1. The lowest BCUT2D eigenvalue weighted by molar-refractivity contribution is 0.414. The van der Waals surface area contributed by atoms with Crippen LogP contribution in [0.2, 0.25) is 5.02 Å². The van der Waals surface area contributed by atoms with Crippen molar-refractivity contribution < 1.29 is 13.2 Å². The van der Waals surface area contributed by atoms with Crippen LogP contribution in [0.4, 0.5) is 5.69 Å². The number of ether oxygens (including phenoxy) is 1. The van der Waals surface area contributed by atoms with Crippen molar-refractivity contribution in [2.75, 3.05) is 11.8 Å². The summed E-state index contributed by atoms with van der Waals surface area (Å²) in [6.07, 6.45) is 0. The zero-order valence-electron chi connectivity index (χ0n) is 10.7. The maximum atomic E-state index is 12.4.